The number of nitrogens with one attached hydrogen (secondary N) is 2. The van der Waals surface area contributed by atoms with E-state index in [2.05, 4.69) is 17.6 Å². The molecular formula is C13H22FN3. The number of nitrogens with two attached hydrogens (primary N) is 1. The molecule has 0 aliphatic heterocycles. The molecule has 17 heavy (non-hydrogen) atoms. The van der Waals surface area contributed by atoms with Crippen LogP contribution >= 0.6 is 0 Å². The Morgan fingerprint density at radius 3 is 2.53 bits per heavy atom. The number of alkyl halides is 1. The Morgan fingerprint density at radius 2 is 1.94 bits per heavy atom. The largest absolute Gasteiger partial charge is 0.399 e. The maximum atomic E-state index is 11.9. The number of hydrogen-bond donors (Lipinski definition) is 3. The third-order valence-corrected chi connectivity index (χ3v) is 2.72. The lowest BCUT2D eigenvalue weighted by Crippen LogP contribution is -2.26. The van der Waals surface area contributed by atoms with E-state index in [-0.39, 0.29) is 6.67 Å². The molecule has 0 saturated heterocycles. The van der Waals surface area contributed by atoms with Crippen molar-refractivity contribution in [3.63, 3.8) is 0 Å². The van der Waals surface area contributed by atoms with Crippen LogP contribution in [0.5, 0.6) is 0 Å². The highest BCUT2D eigenvalue weighted by Gasteiger charge is 2.05. The molecule has 0 aliphatic rings. The Bertz CT molecular complexity index is 300. The lowest BCUT2D eigenvalue weighted by Gasteiger charge is -2.18. The molecule has 0 radical (unpaired) electrons. The minimum atomic E-state index is -0.303. The van der Waals surface area contributed by atoms with Crippen LogP contribution in [0, 0.1) is 0 Å². The van der Waals surface area contributed by atoms with Crippen LogP contribution in [-0.2, 0) is 0 Å². The highest BCUT2D eigenvalue weighted by atomic mass is 19.1. The summed E-state index contributed by atoms with van der Waals surface area (Å²) in [5, 5.41) is 6.50. The highest BCUT2D eigenvalue weighted by Crippen LogP contribution is 2.13. The summed E-state index contributed by atoms with van der Waals surface area (Å²) in [7, 11) is 0. The van der Waals surface area contributed by atoms with Crippen molar-refractivity contribution in [2.24, 2.45) is 0 Å². The average molecular weight is 239 g/mol. The molecule has 0 saturated carbocycles. The van der Waals surface area contributed by atoms with Gasteiger partial charge < -0.3 is 16.4 Å². The molecule has 96 valence electrons. The zero-order valence-corrected chi connectivity index (χ0v) is 10.4. The van der Waals surface area contributed by atoms with Gasteiger partial charge in [-0.2, -0.15) is 0 Å². The normalized spacial score (nSPS) is 12.4. The van der Waals surface area contributed by atoms with Crippen LogP contribution in [0.2, 0.25) is 0 Å². The van der Waals surface area contributed by atoms with Crippen molar-refractivity contribution < 1.29 is 4.39 Å². The van der Waals surface area contributed by atoms with Gasteiger partial charge in [-0.3, -0.25) is 0 Å². The van der Waals surface area contributed by atoms with Gasteiger partial charge in [0.2, 0.25) is 0 Å². The molecule has 1 aromatic rings. The van der Waals surface area contributed by atoms with Crippen molar-refractivity contribution in [2.75, 3.05) is 30.8 Å². The van der Waals surface area contributed by atoms with Gasteiger partial charge in [-0.25, -0.2) is 4.39 Å². The van der Waals surface area contributed by atoms with E-state index in [1.54, 1.807) is 0 Å². The smallest absolute Gasteiger partial charge is 0.102 e. The van der Waals surface area contributed by atoms with E-state index in [4.69, 9.17) is 5.73 Å². The minimum absolute atomic E-state index is 0.303. The van der Waals surface area contributed by atoms with E-state index in [9.17, 15) is 4.39 Å². The summed E-state index contributed by atoms with van der Waals surface area (Å²) < 4.78 is 11.9. The fourth-order valence-electron chi connectivity index (χ4n) is 1.66. The Labute approximate surface area is 103 Å². The van der Waals surface area contributed by atoms with E-state index < -0.39 is 0 Å². The number of hydrogen-bond acceptors (Lipinski definition) is 3. The fourth-order valence-corrected chi connectivity index (χ4v) is 1.66. The van der Waals surface area contributed by atoms with Crippen molar-refractivity contribution in [3.8, 4) is 0 Å². The van der Waals surface area contributed by atoms with Gasteiger partial charge in [0.05, 0.1) is 0 Å². The van der Waals surface area contributed by atoms with Crippen molar-refractivity contribution >= 4 is 11.4 Å². The summed E-state index contributed by atoms with van der Waals surface area (Å²) in [5.74, 6) is 0. The Balaban J connectivity index is 2.33. The first-order valence-corrected chi connectivity index (χ1v) is 6.15. The van der Waals surface area contributed by atoms with Crippen LogP contribution in [0.25, 0.3) is 0 Å². The van der Waals surface area contributed by atoms with Crippen LogP contribution in [0.15, 0.2) is 24.3 Å². The monoisotopic (exact) mass is 239 g/mol. The maximum absolute atomic E-state index is 11.9. The Morgan fingerprint density at radius 1 is 1.24 bits per heavy atom. The molecule has 0 spiro atoms. The molecule has 0 fully saturated rings. The third-order valence-electron chi connectivity index (χ3n) is 2.72. The maximum Gasteiger partial charge on any atom is 0.102 e. The highest BCUT2D eigenvalue weighted by molar-refractivity contribution is 5.51. The van der Waals surface area contributed by atoms with Gasteiger partial charge in [-0.1, -0.05) is 6.92 Å². The summed E-state index contributed by atoms with van der Waals surface area (Å²) in [5.41, 5.74) is 7.48. The number of halogens is 1. The first-order valence-electron chi connectivity index (χ1n) is 6.15. The summed E-state index contributed by atoms with van der Waals surface area (Å²) in [4.78, 5) is 0. The zero-order chi connectivity index (χ0) is 12.5. The predicted octanol–water partition coefficient (Wildman–Crippen LogP) is 2.41. The van der Waals surface area contributed by atoms with Crippen molar-refractivity contribution in [3.05, 3.63) is 24.3 Å². The molecule has 4 N–H and O–H groups in total. The lowest BCUT2D eigenvalue weighted by atomic mass is 10.1. The summed E-state index contributed by atoms with van der Waals surface area (Å²) in [6, 6.07) is 8.14. The molecule has 1 unspecified atom stereocenters. The zero-order valence-electron chi connectivity index (χ0n) is 10.4. The van der Waals surface area contributed by atoms with Crippen molar-refractivity contribution in [2.45, 2.75) is 25.8 Å². The van der Waals surface area contributed by atoms with Crippen LogP contribution in [0.1, 0.15) is 19.8 Å². The molecule has 0 heterocycles. The summed E-state index contributed by atoms with van der Waals surface area (Å²) >= 11 is 0. The fraction of sp³-hybridized carbons (Fsp3) is 0.538. The van der Waals surface area contributed by atoms with Gasteiger partial charge in [-0.05, 0) is 43.7 Å². The summed E-state index contributed by atoms with van der Waals surface area (Å²) in [6.45, 7) is 3.12. The lowest BCUT2D eigenvalue weighted by molar-refractivity contribution is 0.459. The van der Waals surface area contributed by atoms with Gasteiger partial charge in [0.1, 0.15) is 6.67 Å². The van der Waals surface area contributed by atoms with Crippen molar-refractivity contribution in [1.29, 1.82) is 0 Å². The SMILES string of the molecule is CCC(CCNCCF)Nc1ccc(N)cc1. The van der Waals surface area contributed by atoms with E-state index >= 15 is 0 Å². The molecule has 0 aromatic heterocycles. The first kappa shape index (κ1) is 13.8. The number of benzene rings is 1. The minimum Gasteiger partial charge on any atom is -0.399 e. The first-order chi connectivity index (χ1) is 8.26. The van der Waals surface area contributed by atoms with Gasteiger partial charge in [-0.15, -0.1) is 0 Å². The van der Waals surface area contributed by atoms with E-state index in [0.29, 0.717) is 12.6 Å². The molecule has 0 bridgehead atoms. The number of rotatable bonds is 8. The second-order valence-electron chi connectivity index (χ2n) is 4.10. The van der Waals surface area contributed by atoms with Crippen LogP contribution in [0.3, 0.4) is 0 Å². The predicted molar refractivity (Wildman–Crippen MR) is 72.0 cm³/mol. The van der Waals surface area contributed by atoms with Crippen LogP contribution < -0.4 is 16.4 Å². The molecule has 1 atom stereocenters. The second-order valence-corrected chi connectivity index (χ2v) is 4.10. The van der Waals surface area contributed by atoms with Crippen molar-refractivity contribution in [1.82, 2.24) is 5.32 Å². The van der Waals surface area contributed by atoms with E-state index in [0.717, 1.165) is 30.8 Å². The van der Waals surface area contributed by atoms with E-state index in [1.165, 1.54) is 0 Å². The van der Waals surface area contributed by atoms with Crippen LogP contribution in [-0.4, -0.2) is 25.8 Å². The standard InChI is InChI=1S/C13H22FN3/c1-2-12(7-9-16-10-8-14)17-13-5-3-11(15)4-6-13/h3-6,12,16-17H,2,7-10,15H2,1H3. The van der Waals surface area contributed by atoms with Crippen LogP contribution in [0.4, 0.5) is 15.8 Å². The molecule has 1 aromatic carbocycles. The molecule has 4 heteroatoms. The Hall–Kier alpha value is -1.29. The number of nitrogen functional groups attached to an aromatic ring is 1. The van der Waals surface area contributed by atoms with Gasteiger partial charge >= 0.3 is 0 Å². The molecular weight excluding hydrogens is 217 g/mol. The topological polar surface area (TPSA) is 50.1 Å². The van der Waals surface area contributed by atoms with Gasteiger partial charge in [0.25, 0.3) is 0 Å². The molecule has 0 amide bonds. The molecule has 3 nitrogen and oxygen atoms in total. The van der Waals surface area contributed by atoms with Gasteiger partial charge in [0.15, 0.2) is 0 Å². The average Bonchev–Trinajstić information content (AvgIpc) is 2.35. The summed E-state index contributed by atoms with van der Waals surface area (Å²) in [6.07, 6.45) is 2.03. The number of anilines is 2. The quantitative estimate of drug-likeness (QED) is 0.482. The third kappa shape index (κ3) is 5.54. The second kappa shape index (κ2) is 7.90. The Kier molecular flexibility index (Phi) is 6.40. The van der Waals surface area contributed by atoms with E-state index in [1.807, 2.05) is 24.3 Å². The van der Waals surface area contributed by atoms with Gasteiger partial charge in [0, 0.05) is 24.0 Å². The molecule has 1 rings (SSSR count). The molecule has 0 aliphatic carbocycles.